The van der Waals surface area contributed by atoms with E-state index in [1.54, 1.807) is 4.90 Å². The van der Waals surface area contributed by atoms with Gasteiger partial charge in [0.1, 0.15) is 6.04 Å². The maximum Gasteiger partial charge on any atom is 0.242 e. The van der Waals surface area contributed by atoms with Gasteiger partial charge in [0, 0.05) is 13.1 Å². The number of amides is 1. The molecule has 2 atom stereocenters. The van der Waals surface area contributed by atoms with Gasteiger partial charge in [-0.3, -0.25) is 4.79 Å². The van der Waals surface area contributed by atoms with Crippen LogP contribution in [0.4, 0.5) is 0 Å². The Bertz CT molecular complexity index is 180. The minimum absolute atomic E-state index is 0.0231. The van der Waals surface area contributed by atoms with Crippen molar-refractivity contribution in [3.8, 4) is 0 Å². The lowest BCUT2D eigenvalue weighted by molar-refractivity contribution is -0.134. The largest absolute Gasteiger partial charge is 0.391 e. The molecule has 0 aromatic rings. The zero-order valence-corrected chi connectivity index (χ0v) is 8.29. The van der Waals surface area contributed by atoms with Crippen molar-refractivity contribution in [2.75, 3.05) is 19.6 Å². The Kier molecular flexibility index (Phi) is 3.69. The number of hydrogen-bond donors (Lipinski definition) is 2. The number of hydrogen-bond acceptors (Lipinski definition) is 3. The molecule has 0 spiro atoms. The van der Waals surface area contributed by atoms with Crippen LogP contribution in [0.2, 0.25) is 0 Å². The van der Waals surface area contributed by atoms with Crippen molar-refractivity contribution in [3.63, 3.8) is 0 Å². The topological polar surface area (TPSA) is 52.6 Å². The second-order valence-electron chi connectivity index (χ2n) is 3.30. The Labute approximate surface area is 78.9 Å². The maximum absolute atomic E-state index is 11.7. The first kappa shape index (κ1) is 10.5. The molecule has 1 unspecified atom stereocenters. The van der Waals surface area contributed by atoms with E-state index in [2.05, 4.69) is 5.32 Å². The Balaban J connectivity index is 2.54. The average Bonchev–Trinajstić information content (AvgIpc) is 2.53. The zero-order valence-electron chi connectivity index (χ0n) is 8.29. The van der Waals surface area contributed by atoms with Gasteiger partial charge in [-0.2, -0.15) is 0 Å². The van der Waals surface area contributed by atoms with Crippen LogP contribution in [0, 0.1) is 0 Å². The Morgan fingerprint density at radius 2 is 2.15 bits per heavy atom. The molecule has 13 heavy (non-hydrogen) atoms. The van der Waals surface area contributed by atoms with Crippen LogP contribution >= 0.6 is 0 Å². The van der Waals surface area contributed by atoms with Crippen molar-refractivity contribution in [2.24, 2.45) is 0 Å². The summed E-state index contributed by atoms with van der Waals surface area (Å²) in [5, 5.41) is 12.5. The SMILES string of the molecule is CCN(CC)C(=O)[C@H]1NCCC1O. The summed E-state index contributed by atoms with van der Waals surface area (Å²) in [5.41, 5.74) is 0. The van der Waals surface area contributed by atoms with E-state index >= 15 is 0 Å². The summed E-state index contributed by atoms with van der Waals surface area (Å²) in [6.45, 7) is 6.05. The molecule has 0 aromatic carbocycles. The van der Waals surface area contributed by atoms with Crippen LogP contribution in [0.25, 0.3) is 0 Å². The number of likely N-dealkylation sites (N-methyl/N-ethyl adjacent to an activating group) is 1. The molecule has 76 valence electrons. The van der Waals surface area contributed by atoms with Crippen molar-refractivity contribution in [1.82, 2.24) is 10.2 Å². The van der Waals surface area contributed by atoms with Gasteiger partial charge in [0.15, 0.2) is 0 Å². The maximum atomic E-state index is 11.7. The smallest absolute Gasteiger partial charge is 0.242 e. The fraction of sp³-hybridized carbons (Fsp3) is 0.889. The highest BCUT2D eigenvalue weighted by Gasteiger charge is 2.32. The fourth-order valence-electron chi connectivity index (χ4n) is 1.67. The molecule has 1 fully saturated rings. The van der Waals surface area contributed by atoms with E-state index in [1.807, 2.05) is 13.8 Å². The summed E-state index contributed by atoms with van der Waals surface area (Å²) in [4.78, 5) is 13.5. The van der Waals surface area contributed by atoms with E-state index in [-0.39, 0.29) is 11.9 Å². The molecule has 1 aliphatic heterocycles. The standard InChI is InChI=1S/C9H18N2O2/c1-3-11(4-2)9(13)8-7(12)5-6-10-8/h7-8,10,12H,3-6H2,1-2H3/t7?,8-/m0/s1. The van der Waals surface area contributed by atoms with Gasteiger partial charge in [0.05, 0.1) is 6.10 Å². The first-order chi connectivity index (χ1) is 6.20. The minimum Gasteiger partial charge on any atom is -0.391 e. The third-order valence-corrected chi connectivity index (χ3v) is 2.53. The molecule has 1 amide bonds. The lowest BCUT2D eigenvalue weighted by Gasteiger charge is -2.24. The minimum atomic E-state index is -0.506. The van der Waals surface area contributed by atoms with Crippen LogP contribution in [-0.2, 0) is 4.79 Å². The van der Waals surface area contributed by atoms with Crippen molar-refractivity contribution in [2.45, 2.75) is 32.4 Å². The average molecular weight is 186 g/mol. The molecule has 1 saturated heterocycles. The summed E-state index contributed by atoms with van der Waals surface area (Å²) in [6, 6.07) is -0.375. The summed E-state index contributed by atoms with van der Waals surface area (Å²) in [5.74, 6) is 0.0231. The molecule has 1 aliphatic rings. The van der Waals surface area contributed by atoms with Gasteiger partial charge < -0.3 is 15.3 Å². The molecule has 0 aliphatic carbocycles. The molecule has 4 heteroatoms. The van der Waals surface area contributed by atoms with Gasteiger partial charge in [0.25, 0.3) is 0 Å². The van der Waals surface area contributed by atoms with Gasteiger partial charge in [-0.1, -0.05) is 0 Å². The number of aliphatic hydroxyl groups excluding tert-OH is 1. The van der Waals surface area contributed by atoms with Crippen LogP contribution in [0.5, 0.6) is 0 Å². The monoisotopic (exact) mass is 186 g/mol. The van der Waals surface area contributed by atoms with Crippen molar-refractivity contribution in [3.05, 3.63) is 0 Å². The zero-order chi connectivity index (χ0) is 9.84. The summed E-state index contributed by atoms with van der Waals surface area (Å²) < 4.78 is 0. The molecular weight excluding hydrogens is 168 g/mol. The van der Waals surface area contributed by atoms with Gasteiger partial charge in [0.2, 0.25) is 5.91 Å². The van der Waals surface area contributed by atoms with Crippen molar-refractivity contribution < 1.29 is 9.90 Å². The predicted molar refractivity (Wildman–Crippen MR) is 50.3 cm³/mol. The molecule has 1 heterocycles. The molecule has 0 bridgehead atoms. The van der Waals surface area contributed by atoms with Crippen LogP contribution < -0.4 is 5.32 Å². The summed E-state index contributed by atoms with van der Waals surface area (Å²) in [7, 11) is 0. The van der Waals surface area contributed by atoms with Gasteiger partial charge in [-0.05, 0) is 26.8 Å². The van der Waals surface area contributed by atoms with E-state index in [1.165, 1.54) is 0 Å². The molecule has 4 nitrogen and oxygen atoms in total. The number of aliphatic hydroxyl groups is 1. The lowest BCUT2D eigenvalue weighted by atomic mass is 10.1. The Hall–Kier alpha value is -0.610. The number of rotatable bonds is 3. The highest BCUT2D eigenvalue weighted by molar-refractivity contribution is 5.82. The quantitative estimate of drug-likeness (QED) is 0.629. The van der Waals surface area contributed by atoms with Gasteiger partial charge in [-0.15, -0.1) is 0 Å². The number of nitrogens with one attached hydrogen (secondary N) is 1. The summed E-state index contributed by atoms with van der Waals surface area (Å²) in [6.07, 6.45) is 0.172. The predicted octanol–water partition coefficient (Wildman–Crippen LogP) is -0.422. The van der Waals surface area contributed by atoms with E-state index in [9.17, 15) is 9.90 Å². The van der Waals surface area contributed by atoms with E-state index in [0.717, 1.165) is 6.54 Å². The molecule has 1 rings (SSSR count). The number of nitrogens with zero attached hydrogens (tertiary/aromatic N) is 1. The Morgan fingerprint density at radius 1 is 1.54 bits per heavy atom. The van der Waals surface area contributed by atoms with Crippen molar-refractivity contribution >= 4 is 5.91 Å². The molecule has 0 aromatic heterocycles. The highest BCUT2D eigenvalue weighted by Crippen LogP contribution is 2.09. The van der Waals surface area contributed by atoms with Crippen LogP contribution in [0.1, 0.15) is 20.3 Å². The molecule has 0 saturated carbocycles. The molecule has 2 N–H and O–H groups in total. The van der Waals surface area contributed by atoms with Gasteiger partial charge in [-0.25, -0.2) is 0 Å². The van der Waals surface area contributed by atoms with E-state index in [4.69, 9.17) is 0 Å². The molecule has 0 radical (unpaired) electrons. The third kappa shape index (κ3) is 2.19. The lowest BCUT2D eigenvalue weighted by Crippen LogP contribution is -2.47. The molecular formula is C9H18N2O2. The highest BCUT2D eigenvalue weighted by atomic mass is 16.3. The Morgan fingerprint density at radius 3 is 2.54 bits per heavy atom. The fourth-order valence-corrected chi connectivity index (χ4v) is 1.67. The first-order valence-corrected chi connectivity index (χ1v) is 4.91. The van der Waals surface area contributed by atoms with Crippen LogP contribution in [0.3, 0.4) is 0 Å². The van der Waals surface area contributed by atoms with E-state index in [0.29, 0.717) is 19.5 Å². The van der Waals surface area contributed by atoms with Gasteiger partial charge >= 0.3 is 0 Å². The van der Waals surface area contributed by atoms with Crippen molar-refractivity contribution in [1.29, 1.82) is 0 Å². The van der Waals surface area contributed by atoms with E-state index < -0.39 is 6.10 Å². The number of carbonyl (C=O) groups is 1. The van der Waals surface area contributed by atoms with Crippen LogP contribution in [-0.4, -0.2) is 47.7 Å². The second-order valence-corrected chi connectivity index (χ2v) is 3.30. The normalized spacial score (nSPS) is 27.6. The first-order valence-electron chi connectivity index (χ1n) is 4.91. The summed E-state index contributed by atoms with van der Waals surface area (Å²) >= 11 is 0. The number of carbonyl (C=O) groups excluding carboxylic acids is 1. The second kappa shape index (κ2) is 4.58. The van der Waals surface area contributed by atoms with Crippen LogP contribution in [0.15, 0.2) is 0 Å². The third-order valence-electron chi connectivity index (χ3n) is 2.53.